The van der Waals surface area contributed by atoms with E-state index in [2.05, 4.69) is 0 Å². The third-order valence-corrected chi connectivity index (χ3v) is 3.04. The molecule has 104 valence electrons. The van der Waals surface area contributed by atoms with E-state index < -0.39 is 5.82 Å². The van der Waals surface area contributed by atoms with Gasteiger partial charge in [-0.15, -0.1) is 0 Å². The minimum absolute atomic E-state index is 0.331. The molecule has 0 aliphatic rings. The second-order valence-corrected chi connectivity index (χ2v) is 4.57. The molecular weight excluding hydrogens is 257 g/mol. The first kappa shape index (κ1) is 14.1. The minimum Gasteiger partial charge on any atom is -0.497 e. The summed E-state index contributed by atoms with van der Waals surface area (Å²) in [5.74, 6) is 0.366. The molecule has 0 unspecified atom stereocenters. The summed E-state index contributed by atoms with van der Waals surface area (Å²) >= 11 is 0. The van der Waals surface area contributed by atoms with E-state index in [9.17, 15) is 9.18 Å². The average molecular weight is 273 g/mol. The van der Waals surface area contributed by atoms with Crippen molar-refractivity contribution in [2.24, 2.45) is 0 Å². The largest absolute Gasteiger partial charge is 0.497 e. The number of nitrogens with zero attached hydrogens (tertiary/aromatic N) is 1. The van der Waals surface area contributed by atoms with Crippen LogP contribution in [-0.2, 0) is 6.54 Å². The molecule has 0 atom stereocenters. The molecule has 4 heteroatoms. The van der Waals surface area contributed by atoms with Crippen molar-refractivity contribution >= 4 is 12.0 Å². The first-order chi connectivity index (χ1) is 9.62. The summed E-state index contributed by atoms with van der Waals surface area (Å²) in [6.45, 7) is 0.596. The number of benzene rings is 2. The Morgan fingerprint density at radius 2 is 2.05 bits per heavy atom. The van der Waals surface area contributed by atoms with Crippen molar-refractivity contribution in [2.45, 2.75) is 6.54 Å². The molecule has 0 saturated carbocycles. The number of anilines is 1. The second-order valence-electron chi connectivity index (χ2n) is 4.57. The molecule has 0 aromatic heterocycles. The van der Waals surface area contributed by atoms with Crippen LogP contribution in [0, 0.1) is 5.82 Å². The molecule has 2 rings (SSSR count). The van der Waals surface area contributed by atoms with Gasteiger partial charge in [0.2, 0.25) is 0 Å². The van der Waals surface area contributed by atoms with Gasteiger partial charge in [-0.2, -0.15) is 0 Å². The number of carbonyl (C=O) groups is 1. The minimum atomic E-state index is -0.415. The Hall–Kier alpha value is -2.36. The quantitative estimate of drug-likeness (QED) is 0.783. The Labute approximate surface area is 117 Å². The maximum absolute atomic E-state index is 13.4. The molecule has 0 spiro atoms. The third-order valence-electron chi connectivity index (χ3n) is 3.04. The van der Waals surface area contributed by atoms with Crippen LogP contribution in [0.3, 0.4) is 0 Å². The smallest absolute Gasteiger partial charge is 0.150 e. The lowest BCUT2D eigenvalue weighted by Gasteiger charge is -2.20. The standard InChI is InChI=1S/C16H16FNO2/c1-18(10-12-4-3-5-16(8-12)20-2)15-7-13(11-19)6-14(17)9-15/h3-9,11H,10H2,1-2H3. The predicted molar refractivity (Wildman–Crippen MR) is 76.9 cm³/mol. The molecule has 0 aliphatic carbocycles. The number of hydrogen-bond acceptors (Lipinski definition) is 3. The van der Waals surface area contributed by atoms with Gasteiger partial charge in [0.25, 0.3) is 0 Å². The fourth-order valence-corrected chi connectivity index (χ4v) is 2.02. The van der Waals surface area contributed by atoms with Crippen LogP contribution in [0.15, 0.2) is 42.5 Å². The highest BCUT2D eigenvalue weighted by Crippen LogP contribution is 2.20. The van der Waals surface area contributed by atoms with Crippen molar-refractivity contribution in [3.05, 3.63) is 59.4 Å². The number of rotatable bonds is 5. The van der Waals surface area contributed by atoms with E-state index in [1.54, 1.807) is 13.2 Å². The fraction of sp³-hybridized carbons (Fsp3) is 0.188. The highest BCUT2D eigenvalue weighted by molar-refractivity contribution is 5.77. The van der Waals surface area contributed by atoms with Gasteiger partial charge >= 0.3 is 0 Å². The molecule has 0 heterocycles. The van der Waals surface area contributed by atoms with E-state index in [-0.39, 0.29) is 0 Å². The maximum Gasteiger partial charge on any atom is 0.150 e. The van der Waals surface area contributed by atoms with Crippen molar-refractivity contribution in [2.75, 3.05) is 19.1 Å². The number of carbonyl (C=O) groups excluding carboxylic acids is 1. The maximum atomic E-state index is 13.4. The lowest BCUT2D eigenvalue weighted by Crippen LogP contribution is -2.16. The molecule has 2 aromatic rings. The van der Waals surface area contributed by atoms with E-state index in [0.717, 1.165) is 11.3 Å². The van der Waals surface area contributed by atoms with Gasteiger partial charge in [0.1, 0.15) is 17.9 Å². The monoisotopic (exact) mass is 273 g/mol. The summed E-state index contributed by atoms with van der Waals surface area (Å²) in [4.78, 5) is 12.7. The van der Waals surface area contributed by atoms with Crippen LogP contribution in [0.2, 0.25) is 0 Å². The number of hydrogen-bond donors (Lipinski definition) is 0. The van der Waals surface area contributed by atoms with Crippen molar-refractivity contribution in [1.82, 2.24) is 0 Å². The van der Waals surface area contributed by atoms with Crippen LogP contribution in [0.25, 0.3) is 0 Å². The zero-order chi connectivity index (χ0) is 14.5. The Balaban J connectivity index is 2.20. The van der Waals surface area contributed by atoms with Gasteiger partial charge in [0.05, 0.1) is 7.11 Å². The van der Waals surface area contributed by atoms with E-state index in [1.165, 1.54) is 12.1 Å². The molecular formula is C16H16FNO2. The third kappa shape index (κ3) is 3.35. The summed E-state index contributed by atoms with van der Waals surface area (Å²) in [5, 5.41) is 0. The molecule has 0 bridgehead atoms. The topological polar surface area (TPSA) is 29.5 Å². The summed E-state index contributed by atoms with van der Waals surface area (Å²) in [6.07, 6.45) is 0.645. The number of aldehydes is 1. The highest BCUT2D eigenvalue weighted by Gasteiger charge is 2.06. The molecule has 20 heavy (non-hydrogen) atoms. The van der Waals surface area contributed by atoms with E-state index in [0.29, 0.717) is 24.1 Å². The van der Waals surface area contributed by atoms with E-state index in [4.69, 9.17) is 4.74 Å². The Morgan fingerprint density at radius 3 is 2.75 bits per heavy atom. The lowest BCUT2D eigenvalue weighted by atomic mass is 10.1. The van der Waals surface area contributed by atoms with Crippen LogP contribution >= 0.6 is 0 Å². The van der Waals surface area contributed by atoms with Gasteiger partial charge in [-0.3, -0.25) is 4.79 Å². The molecule has 0 aliphatic heterocycles. The molecule has 3 nitrogen and oxygen atoms in total. The zero-order valence-electron chi connectivity index (χ0n) is 11.5. The predicted octanol–water partition coefficient (Wildman–Crippen LogP) is 3.28. The molecule has 2 aromatic carbocycles. The highest BCUT2D eigenvalue weighted by atomic mass is 19.1. The Morgan fingerprint density at radius 1 is 1.25 bits per heavy atom. The molecule has 0 fully saturated rings. The van der Waals surface area contributed by atoms with Gasteiger partial charge in [-0.25, -0.2) is 4.39 Å². The fourth-order valence-electron chi connectivity index (χ4n) is 2.02. The summed E-state index contributed by atoms with van der Waals surface area (Å²) in [7, 11) is 3.47. The first-order valence-corrected chi connectivity index (χ1v) is 6.22. The average Bonchev–Trinajstić information content (AvgIpc) is 2.46. The zero-order valence-corrected chi connectivity index (χ0v) is 11.5. The summed E-state index contributed by atoms with van der Waals surface area (Å²) < 4.78 is 18.6. The van der Waals surface area contributed by atoms with Crippen LogP contribution in [0.4, 0.5) is 10.1 Å². The molecule has 0 saturated heterocycles. The Kier molecular flexibility index (Phi) is 4.35. The van der Waals surface area contributed by atoms with Gasteiger partial charge in [-0.1, -0.05) is 12.1 Å². The first-order valence-electron chi connectivity index (χ1n) is 6.22. The van der Waals surface area contributed by atoms with Crippen molar-refractivity contribution in [3.8, 4) is 5.75 Å². The van der Waals surface area contributed by atoms with Crippen LogP contribution in [0.1, 0.15) is 15.9 Å². The van der Waals surface area contributed by atoms with Gasteiger partial charge < -0.3 is 9.64 Å². The van der Waals surface area contributed by atoms with Gasteiger partial charge in [0, 0.05) is 24.8 Å². The van der Waals surface area contributed by atoms with E-state index >= 15 is 0 Å². The van der Waals surface area contributed by atoms with Crippen LogP contribution in [0.5, 0.6) is 5.75 Å². The SMILES string of the molecule is COc1cccc(CN(C)c2cc(F)cc(C=O)c2)c1. The molecule has 0 radical (unpaired) electrons. The van der Waals surface area contributed by atoms with E-state index in [1.807, 2.05) is 36.2 Å². The van der Waals surface area contributed by atoms with Crippen molar-refractivity contribution in [3.63, 3.8) is 0 Å². The number of methoxy groups -OCH3 is 1. The van der Waals surface area contributed by atoms with Crippen LogP contribution < -0.4 is 9.64 Å². The number of ether oxygens (including phenoxy) is 1. The summed E-state index contributed by atoms with van der Waals surface area (Å²) in [6, 6.07) is 12.0. The normalized spacial score (nSPS) is 10.2. The van der Waals surface area contributed by atoms with Crippen LogP contribution in [-0.4, -0.2) is 20.4 Å². The van der Waals surface area contributed by atoms with Crippen molar-refractivity contribution < 1.29 is 13.9 Å². The van der Waals surface area contributed by atoms with Crippen molar-refractivity contribution in [1.29, 1.82) is 0 Å². The number of halogens is 1. The Bertz CT molecular complexity index is 613. The van der Waals surface area contributed by atoms with Gasteiger partial charge in [-0.05, 0) is 35.9 Å². The second kappa shape index (κ2) is 6.19. The molecule has 0 N–H and O–H groups in total. The van der Waals surface area contributed by atoms with Gasteiger partial charge in [0.15, 0.2) is 0 Å². The summed E-state index contributed by atoms with van der Waals surface area (Å²) in [5.41, 5.74) is 2.04. The molecule has 0 amide bonds. The lowest BCUT2D eigenvalue weighted by molar-refractivity contribution is 0.112.